The number of imide groups is 1. The van der Waals surface area contributed by atoms with Crippen LogP contribution in [0.5, 0.6) is 0 Å². The Kier molecular flexibility index (Phi) is 3.26. The van der Waals surface area contributed by atoms with Crippen LogP contribution in [0.2, 0.25) is 0 Å². The van der Waals surface area contributed by atoms with E-state index in [0.29, 0.717) is 0 Å². The van der Waals surface area contributed by atoms with E-state index in [9.17, 15) is 14.7 Å². The Morgan fingerprint density at radius 2 is 1.61 bits per heavy atom. The number of nitrogens with zero attached hydrogens (tertiary/aromatic N) is 1. The quantitative estimate of drug-likeness (QED) is 0.754. The van der Waals surface area contributed by atoms with Crippen LogP contribution in [0.1, 0.15) is 40.5 Å². The largest absolute Gasteiger partial charge is 0.391 e. The summed E-state index contributed by atoms with van der Waals surface area (Å²) < 4.78 is 0. The highest BCUT2D eigenvalue weighted by Gasteiger charge is 2.72. The molecule has 102 valence electrons. The first-order valence-electron chi connectivity index (χ1n) is 6.89. The minimum absolute atomic E-state index is 0.0833. The number of carbonyl (C=O) groups excluding carboxylic acids is 2. The molecule has 18 heavy (non-hydrogen) atoms. The van der Waals surface area contributed by atoms with Crippen molar-refractivity contribution >= 4 is 11.8 Å². The fraction of sp³-hybridized carbons (Fsp3) is 0.857. The molecule has 1 aliphatic heterocycles. The van der Waals surface area contributed by atoms with Gasteiger partial charge >= 0.3 is 0 Å². The maximum Gasteiger partial charge on any atom is 0.233 e. The molecule has 2 amide bonds. The summed E-state index contributed by atoms with van der Waals surface area (Å²) in [6.07, 6.45) is 1.15. The van der Waals surface area contributed by atoms with E-state index in [2.05, 4.69) is 0 Å². The average Bonchev–Trinajstić information content (AvgIpc) is 2.78. The van der Waals surface area contributed by atoms with Crippen LogP contribution in [0.25, 0.3) is 0 Å². The molecule has 2 rings (SSSR count). The minimum atomic E-state index is -0.589. The van der Waals surface area contributed by atoms with Gasteiger partial charge in [0, 0.05) is 0 Å². The van der Waals surface area contributed by atoms with E-state index in [1.807, 2.05) is 27.7 Å². The third kappa shape index (κ3) is 1.78. The first-order chi connectivity index (χ1) is 8.36. The van der Waals surface area contributed by atoms with Crippen molar-refractivity contribution in [2.24, 2.45) is 23.2 Å². The number of amides is 2. The van der Waals surface area contributed by atoms with Crippen molar-refractivity contribution in [3.8, 4) is 0 Å². The van der Waals surface area contributed by atoms with Crippen molar-refractivity contribution < 1.29 is 14.7 Å². The van der Waals surface area contributed by atoms with Gasteiger partial charge in [0.2, 0.25) is 11.8 Å². The molecular weight excluding hydrogens is 230 g/mol. The summed E-state index contributed by atoms with van der Waals surface area (Å²) >= 11 is 0. The molecule has 0 aromatic carbocycles. The van der Waals surface area contributed by atoms with Gasteiger partial charge in [0.05, 0.1) is 24.5 Å². The van der Waals surface area contributed by atoms with Crippen molar-refractivity contribution in [1.29, 1.82) is 0 Å². The van der Waals surface area contributed by atoms with E-state index in [0.717, 1.165) is 12.8 Å². The molecule has 1 saturated carbocycles. The second-order valence-electron chi connectivity index (χ2n) is 6.21. The van der Waals surface area contributed by atoms with Gasteiger partial charge in [0.15, 0.2) is 0 Å². The lowest BCUT2D eigenvalue weighted by Crippen LogP contribution is -2.43. The number of hydrogen-bond acceptors (Lipinski definition) is 3. The average molecular weight is 253 g/mol. The van der Waals surface area contributed by atoms with E-state index in [4.69, 9.17) is 0 Å². The van der Waals surface area contributed by atoms with Crippen LogP contribution in [-0.2, 0) is 9.59 Å². The highest BCUT2D eigenvalue weighted by atomic mass is 16.3. The SMILES string of the molecule is CCC(CC)C(O)CN1C(=O)C2C(C1=O)C2(C)C. The van der Waals surface area contributed by atoms with Crippen LogP contribution in [0.4, 0.5) is 0 Å². The van der Waals surface area contributed by atoms with Crippen molar-refractivity contribution in [3.63, 3.8) is 0 Å². The lowest BCUT2D eigenvalue weighted by molar-refractivity contribution is -0.145. The monoisotopic (exact) mass is 253 g/mol. The van der Waals surface area contributed by atoms with E-state index in [1.54, 1.807) is 0 Å². The molecule has 2 fully saturated rings. The van der Waals surface area contributed by atoms with Crippen LogP contribution in [0.15, 0.2) is 0 Å². The van der Waals surface area contributed by atoms with Crippen LogP contribution >= 0.6 is 0 Å². The molecule has 4 nitrogen and oxygen atoms in total. The maximum absolute atomic E-state index is 12.1. The smallest absolute Gasteiger partial charge is 0.233 e. The molecular formula is C14H23NO3. The zero-order valence-electron chi connectivity index (χ0n) is 11.6. The molecule has 3 unspecified atom stereocenters. The van der Waals surface area contributed by atoms with Crippen molar-refractivity contribution in [1.82, 2.24) is 4.90 Å². The van der Waals surface area contributed by atoms with Gasteiger partial charge in [-0.3, -0.25) is 14.5 Å². The minimum Gasteiger partial charge on any atom is -0.391 e. The Balaban J connectivity index is 2.01. The number of hydrogen-bond donors (Lipinski definition) is 1. The maximum atomic E-state index is 12.1. The number of aliphatic hydroxyl groups is 1. The predicted molar refractivity (Wildman–Crippen MR) is 67.6 cm³/mol. The Morgan fingerprint density at radius 1 is 1.17 bits per heavy atom. The number of fused-ring (bicyclic) bond motifs is 1. The predicted octanol–water partition coefficient (Wildman–Crippen LogP) is 1.42. The lowest BCUT2D eigenvalue weighted by Gasteiger charge is -2.27. The van der Waals surface area contributed by atoms with Crippen LogP contribution in [0, 0.1) is 23.2 Å². The van der Waals surface area contributed by atoms with Crippen LogP contribution in [-0.4, -0.2) is 34.5 Å². The van der Waals surface area contributed by atoms with Gasteiger partial charge in [-0.15, -0.1) is 0 Å². The van der Waals surface area contributed by atoms with E-state index in [1.165, 1.54) is 4.90 Å². The zero-order chi connectivity index (χ0) is 13.7. The van der Waals surface area contributed by atoms with Crippen molar-refractivity contribution in [3.05, 3.63) is 0 Å². The molecule has 0 spiro atoms. The molecule has 1 heterocycles. The van der Waals surface area contributed by atoms with Gasteiger partial charge in [-0.1, -0.05) is 40.5 Å². The lowest BCUT2D eigenvalue weighted by atomic mass is 9.96. The molecule has 0 aromatic rings. The normalized spacial score (nSPS) is 30.9. The Hall–Kier alpha value is -0.900. The molecule has 4 heteroatoms. The fourth-order valence-electron chi connectivity index (χ4n) is 3.35. The summed E-state index contributed by atoms with van der Waals surface area (Å²) in [5.41, 5.74) is -0.162. The van der Waals surface area contributed by atoms with Crippen LogP contribution < -0.4 is 0 Å². The first-order valence-corrected chi connectivity index (χ1v) is 6.89. The number of rotatable bonds is 5. The summed E-state index contributed by atoms with van der Waals surface area (Å²) in [5.74, 6) is -0.284. The number of likely N-dealkylation sites (tertiary alicyclic amines) is 1. The Bertz CT molecular complexity index is 349. The topological polar surface area (TPSA) is 57.6 Å². The summed E-state index contributed by atoms with van der Waals surface area (Å²) in [6.45, 7) is 8.14. The summed E-state index contributed by atoms with van der Waals surface area (Å²) in [5, 5.41) is 10.1. The number of piperidine rings is 1. The van der Waals surface area contributed by atoms with Gasteiger partial charge in [-0.05, 0) is 11.3 Å². The number of carbonyl (C=O) groups is 2. The zero-order valence-corrected chi connectivity index (χ0v) is 11.6. The highest BCUT2D eigenvalue weighted by molar-refractivity contribution is 6.10. The van der Waals surface area contributed by atoms with Crippen molar-refractivity contribution in [2.45, 2.75) is 46.6 Å². The molecule has 2 aliphatic rings. The molecule has 1 aliphatic carbocycles. The van der Waals surface area contributed by atoms with Crippen molar-refractivity contribution in [2.75, 3.05) is 6.54 Å². The van der Waals surface area contributed by atoms with Gasteiger partial charge in [-0.2, -0.15) is 0 Å². The second kappa shape index (κ2) is 4.34. The van der Waals surface area contributed by atoms with Gasteiger partial charge in [0.1, 0.15) is 0 Å². The second-order valence-corrected chi connectivity index (χ2v) is 6.21. The molecule has 1 saturated heterocycles. The molecule has 3 atom stereocenters. The molecule has 0 radical (unpaired) electrons. The van der Waals surface area contributed by atoms with E-state index >= 15 is 0 Å². The fourth-order valence-corrected chi connectivity index (χ4v) is 3.35. The molecule has 0 bridgehead atoms. The third-order valence-corrected chi connectivity index (χ3v) is 4.85. The number of aliphatic hydroxyl groups excluding tert-OH is 1. The van der Waals surface area contributed by atoms with E-state index < -0.39 is 6.10 Å². The Labute approximate surface area is 108 Å². The summed E-state index contributed by atoms with van der Waals surface area (Å²) in [6, 6.07) is 0. The van der Waals surface area contributed by atoms with Gasteiger partial charge in [0.25, 0.3) is 0 Å². The highest BCUT2D eigenvalue weighted by Crippen LogP contribution is 2.63. The van der Waals surface area contributed by atoms with E-state index in [-0.39, 0.29) is 41.5 Å². The molecule has 0 aromatic heterocycles. The standard InChI is InChI=1S/C14H23NO3/c1-5-8(6-2)9(16)7-15-12(17)10-11(13(15)18)14(10,3)4/h8-11,16H,5-7H2,1-4H3. The van der Waals surface area contributed by atoms with Gasteiger partial charge in [-0.25, -0.2) is 0 Å². The van der Waals surface area contributed by atoms with Crippen LogP contribution in [0.3, 0.4) is 0 Å². The summed E-state index contributed by atoms with van der Waals surface area (Å²) in [4.78, 5) is 25.5. The Morgan fingerprint density at radius 3 is 2.00 bits per heavy atom. The summed E-state index contributed by atoms with van der Waals surface area (Å²) in [7, 11) is 0. The number of β-amino-alcohol motifs (C(OH)–C–C–N with tert-alkyl or cyclic N) is 1. The first kappa shape index (κ1) is 13.5. The molecule has 1 N–H and O–H groups in total. The van der Waals surface area contributed by atoms with Gasteiger partial charge < -0.3 is 5.11 Å². The third-order valence-electron chi connectivity index (χ3n) is 4.85.